The SMILES string of the molecule is CCCCCCCCCCCCOC(C)=O.[NaH]. The molecule has 0 bridgehead atoms. The van der Waals surface area contributed by atoms with Crippen LogP contribution in [0.3, 0.4) is 0 Å². The van der Waals surface area contributed by atoms with Gasteiger partial charge < -0.3 is 4.74 Å². The summed E-state index contributed by atoms with van der Waals surface area (Å²) < 4.78 is 4.87. The summed E-state index contributed by atoms with van der Waals surface area (Å²) in [6, 6.07) is 0. The number of esters is 1. The number of carbonyl (C=O) groups is 1. The molecule has 2 nitrogen and oxygen atoms in total. The zero-order valence-corrected chi connectivity index (χ0v) is 11.1. The molecule has 98 valence electrons. The van der Waals surface area contributed by atoms with Crippen LogP contribution in [0.5, 0.6) is 0 Å². The first kappa shape index (κ1) is 19.8. The van der Waals surface area contributed by atoms with Crippen molar-refractivity contribution in [3.63, 3.8) is 0 Å². The van der Waals surface area contributed by atoms with Crippen LogP contribution in [0.2, 0.25) is 0 Å². The molecule has 0 spiro atoms. The topological polar surface area (TPSA) is 26.3 Å². The maximum atomic E-state index is 10.5. The van der Waals surface area contributed by atoms with Crippen LogP contribution in [0.15, 0.2) is 0 Å². The van der Waals surface area contributed by atoms with Crippen LogP contribution >= 0.6 is 0 Å². The minimum atomic E-state index is -0.157. The van der Waals surface area contributed by atoms with Gasteiger partial charge in [-0.15, -0.1) is 0 Å². The standard InChI is InChI=1S/C14H28O2.Na.H/c1-3-4-5-6-7-8-9-10-11-12-13-16-14(2)15;;/h3-13H2,1-2H3;;. The second-order valence-corrected chi connectivity index (χ2v) is 4.52. The summed E-state index contributed by atoms with van der Waals surface area (Å²) in [6.07, 6.45) is 13.1. The third-order valence-corrected chi connectivity index (χ3v) is 2.80. The van der Waals surface area contributed by atoms with E-state index in [-0.39, 0.29) is 35.5 Å². The van der Waals surface area contributed by atoms with E-state index in [2.05, 4.69) is 6.92 Å². The first-order valence-corrected chi connectivity index (χ1v) is 6.90. The summed E-state index contributed by atoms with van der Waals surface area (Å²) in [6.45, 7) is 4.32. The predicted molar refractivity (Wildman–Crippen MR) is 75.6 cm³/mol. The third kappa shape index (κ3) is 19.0. The van der Waals surface area contributed by atoms with Gasteiger partial charge in [-0.05, 0) is 6.42 Å². The summed E-state index contributed by atoms with van der Waals surface area (Å²) in [7, 11) is 0. The Kier molecular flexibility index (Phi) is 19.2. The van der Waals surface area contributed by atoms with Gasteiger partial charge in [-0.25, -0.2) is 0 Å². The van der Waals surface area contributed by atoms with Crippen molar-refractivity contribution in [2.24, 2.45) is 0 Å². The van der Waals surface area contributed by atoms with Crippen LogP contribution in [-0.2, 0) is 9.53 Å². The van der Waals surface area contributed by atoms with E-state index in [1.165, 1.54) is 64.7 Å². The number of hydrogen-bond donors (Lipinski definition) is 0. The number of carbonyl (C=O) groups excluding carboxylic acids is 1. The molecule has 0 amide bonds. The van der Waals surface area contributed by atoms with E-state index < -0.39 is 0 Å². The first-order chi connectivity index (χ1) is 7.77. The van der Waals surface area contributed by atoms with Crippen LogP contribution < -0.4 is 0 Å². The minimum absolute atomic E-state index is 0. The molecular formula is C14H29NaO2. The van der Waals surface area contributed by atoms with E-state index in [0.717, 1.165) is 6.42 Å². The van der Waals surface area contributed by atoms with Crippen LogP contribution in [0.25, 0.3) is 0 Å². The number of ether oxygens (including phenoxy) is 1. The van der Waals surface area contributed by atoms with Gasteiger partial charge in [-0.3, -0.25) is 4.79 Å². The van der Waals surface area contributed by atoms with E-state index in [9.17, 15) is 4.79 Å². The summed E-state index contributed by atoms with van der Waals surface area (Å²) in [5.41, 5.74) is 0. The van der Waals surface area contributed by atoms with Gasteiger partial charge in [-0.2, -0.15) is 0 Å². The van der Waals surface area contributed by atoms with Crippen LogP contribution in [0.1, 0.15) is 78.1 Å². The molecule has 0 radical (unpaired) electrons. The fraction of sp³-hybridized carbons (Fsp3) is 0.929. The number of unbranched alkanes of at least 4 members (excludes halogenated alkanes) is 9. The summed E-state index contributed by atoms with van der Waals surface area (Å²) in [5.74, 6) is -0.157. The molecule has 0 aromatic heterocycles. The quantitative estimate of drug-likeness (QED) is 0.317. The number of hydrogen-bond acceptors (Lipinski definition) is 2. The third-order valence-electron chi connectivity index (χ3n) is 2.80. The van der Waals surface area contributed by atoms with Gasteiger partial charge in [0.25, 0.3) is 0 Å². The van der Waals surface area contributed by atoms with E-state index in [0.29, 0.717) is 6.61 Å². The Morgan fingerprint density at radius 1 is 0.824 bits per heavy atom. The van der Waals surface area contributed by atoms with Crippen molar-refractivity contribution in [1.82, 2.24) is 0 Å². The van der Waals surface area contributed by atoms with Crippen molar-refractivity contribution >= 4 is 35.5 Å². The molecule has 17 heavy (non-hydrogen) atoms. The molecule has 0 aromatic rings. The zero-order chi connectivity index (χ0) is 12.1. The molecule has 0 heterocycles. The summed E-state index contributed by atoms with van der Waals surface area (Å²) >= 11 is 0. The van der Waals surface area contributed by atoms with Crippen molar-refractivity contribution in [1.29, 1.82) is 0 Å². The summed E-state index contributed by atoms with van der Waals surface area (Å²) in [5, 5.41) is 0. The van der Waals surface area contributed by atoms with Crippen molar-refractivity contribution < 1.29 is 9.53 Å². The zero-order valence-electron chi connectivity index (χ0n) is 11.1. The molecule has 0 aromatic carbocycles. The Morgan fingerprint density at radius 2 is 1.24 bits per heavy atom. The Labute approximate surface area is 129 Å². The second-order valence-electron chi connectivity index (χ2n) is 4.52. The van der Waals surface area contributed by atoms with Gasteiger partial charge >= 0.3 is 35.5 Å². The molecule has 0 saturated carbocycles. The maximum absolute atomic E-state index is 10.5. The van der Waals surface area contributed by atoms with Crippen molar-refractivity contribution in [2.75, 3.05) is 6.61 Å². The normalized spacial score (nSPS) is 9.76. The Bertz CT molecular complexity index is 160. The predicted octanol–water partition coefficient (Wildman–Crippen LogP) is 3.82. The molecule has 0 aliphatic rings. The van der Waals surface area contributed by atoms with Crippen LogP contribution in [0.4, 0.5) is 0 Å². The number of rotatable bonds is 11. The first-order valence-electron chi connectivity index (χ1n) is 6.90. The molecule has 0 N–H and O–H groups in total. The van der Waals surface area contributed by atoms with Gasteiger partial charge in [0.05, 0.1) is 6.61 Å². The Hall–Kier alpha value is 0.470. The van der Waals surface area contributed by atoms with Crippen molar-refractivity contribution in [2.45, 2.75) is 78.1 Å². The molecule has 0 saturated heterocycles. The van der Waals surface area contributed by atoms with Gasteiger partial charge in [0.2, 0.25) is 0 Å². The molecule has 0 rings (SSSR count). The summed E-state index contributed by atoms with van der Waals surface area (Å²) in [4.78, 5) is 10.5. The van der Waals surface area contributed by atoms with Crippen molar-refractivity contribution in [3.05, 3.63) is 0 Å². The molecular weight excluding hydrogens is 223 g/mol. The molecule has 0 atom stereocenters. The van der Waals surface area contributed by atoms with Gasteiger partial charge in [0, 0.05) is 6.92 Å². The monoisotopic (exact) mass is 252 g/mol. The van der Waals surface area contributed by atoms with Gasteiger partial charge in [0.15, 0.2) is 0 Å². The average Bonchev–Trinajstić information content (AvgIpc) is 2.25. The molecule has 0 aliphatic carbocycles. The van der Waals surface area contributed by atoms with E-state index in [4.69, 9.17) is 4.74 Å². The molecule has 3 heteroatoms. The molecule has 0 fully saturated rings. The van der Waals surface area contributed by atoms with Gasteiger partial charge in [0.1, 0.15) is 0 Å². The van der Waals surface area contributed by atoms with Crippen LogP contribution in [-0.4, -0.2) is 42.1 Å². The van der Waals surface area contributed by atoms with E-state index in [1.54, 1.807) is 0 Å². The molecule has 0 unspecified atom stereocenters. The van der Waals surface area contributed by atoms with E-state index >= 15 is 0 Å². The van der Waals surface area contributed by atoms with Crippen LogP contribution in [0, 0.1) is 0 Å². The fourth-order valence-electron chi connectivity index (χ4n) is 1.81. The van der Waals surface area contributed by atoms with E-state index in [1.807, 2.05) is 0 Å². The Morgan fingerprint density at radius 3 is 1.65 bits per heavy atom. The fourth-order valence-corrected chi connectivity index (χ4v) is 1.81. The average molecular weight is 252 g/mol. The van der Waals surface area contributed by atoms with Gasteiger partial charge in [-0.1, -0.05) is 64.7 Å². The second kappa shape index (κ2) is 16.5. The molecule has 0 aliphatic heterocycles. The Balaban J connectivity index is 0. The van der Waals surface area contributed by atoms with Crippen molar-refractivity contribution in [3.8, 4) is 0 Å².